The number of nitrogens with one attached hydrogen (secondary N) is 1. The number of urea groups is 1. The summed E-state index contributed by atoms with van der Waals surface area (Å²) in [4.78, 5) is 14.2. The second kappa shape index (κ2) is 7.04. The van der Waals surface area contributed by atoms with Crippen LogP contribution in [0.3, 0.4) is 0 Å². The van der Waals surface area contributed by atoms with Gasteiger partial charge in [0.05, 0.1) is 0 Å². The number of benzene rings is 2. The van der Waals surface area contributed by atoms with E-state index in [4.69, 9.17) is 0 Å². The van der Waals surface area contributed by atoms with Gasteiger partial charge in [-0.05, 0) is 30.2 Å². The summed E-state index contributed by atoms with van der Waals surface area (Å²) in [5.41, 5.74) is 2.55. The Balaban J connectivity index is 1.74. The fourth-order valence-corrected chi connectivity index (χ4v) is 3.91. The molecule has 5 heteroatoms. The van der Waals surface area contributed by atoms with Crippen LogP contribution in [0.2, 0.25) is 0 Å². The van der Waals surface area contributed by atoms with Crippen LogP contribution in [0.15, 0.2) is 48.5 Å². The van der Waals surface area contributed by atoms with Crippen molar-refractivity contribution in [3.8, 4) is 0 Å². The van der Waals surface area contributed by atoms with Gasteiger partial charge in [-0.1, -0.05) is 37.3 Å². The lowest BCUT2D eigenvalue weighted by Gasteiger charge is -2.24. The number of rotatable bonds is 3. The molecular formula is C18H19FN2OS. The summed E-state index contributed by atoms with van der Waals surface area (Å²) in [5.74, 6) is 0.540. The SMILES string of the molecule is CCc1ccc(NC(=O)N2CCS[C@H]2c2ccccc2F)cc1. The second-order valence-corrected chi connectivity index (χ2v) is 6.61. The van der Waals surface area contributed by atoms with Gasteiger partial charge in [0.25, 0.3) is 0 Å². The van der Waals surface area contributed by atoms with Crippen molar-refractivity contribution in [1.29, 1.82) is 0 Å². The molecule has 1 heterocycles. The number of thioether (sulfide) groups is 1. The van der Waals surface area contributed by atoms with Crippen LogP contribution < -0.4 is 5.32 Å². The molecule has 0 saturated carbocycles. The largest absolute Gasteiger partial charge is 0.323 e. The smallest absolute Gasteiger partial charge is 0.308 e. The Bertz CT molecular complexity index is 690. The number of carbonyl (C=O) groups excluding carboxylic acids is 1. The van der Waals surface area contributed by atoms with E-state index in [1.165, 1.54) is 11.6 Å². The van der Waals surface area contributed by atoms with Crippen molar-refractivity contribution in [1.82, 2.24) is 4.90 Å². The van der Waals surface area contributed by atoms with E-state index >= 15 is 0 Å². The summed E-state index contributed by atoms with van der Waals surface area (Å²) in [7, 11) is 0. The fourth-order valence-electron chi connectivity index (χ4n) is 2.63. The van der Waals surface area contributed by atoms with Crippen molar-refractivity contribution < 1.29 is 9.18 Å². The standard InChI is InChI=1S/C18H19FN2OS/c1-2-13-7-9-14(10-8-13)20-18(22)21-11-12-23-17(21)15-5-3-4-6-16(15)19/h3-10,17H,2,11-12H2,1H3,(H,20,22)/t17-/m0/s1. The van der Waals surface area contributed by atoms with Crippen LogP contribution in [0.5, 0.6) is 0 Å². The summed E-state index contributed by atoms with van der Waals surface area (Å²) >= 11 is 1.59. The quantitative estimate of drug-likeness (QED) is 0.887. The monoisotopic (exact) mass is 330 g/mol. The minimum absolute atomic E-state index is 0.187. The highest BCUT2D eigenvalue weighted by Gasteiger charge is 2.32. The van der Waals surface area contributed by atoms with Crippen molar-refractivity contribution in [2.24, 2.45) is 0 Å². The van der Waals surface area contributed by atoms with E-state index < -0.39 is 0 Å². The maximum Gasteiger partial charge on any atom is 0.323 e. The Hall–Kier alpha value is -2.01. The molecule has 120 valence electrons. The van der Waals surface area contributed by atoms with Gasteiger partial charge in [-0.3, -0.25) is 0 Å². The lowest BCUT2D eigenvalue weighted by Crippen LogP contribution is -2.34. The number of anilines is 1. The number of halogens is 1. The van der Waals surface area contributed by atoms with Crippen molar-refractivity contribution in [2.75, 3.05) is 17.6 Å². The highest BCUT2D eigenvalue weighted by Crippen LogP contribution is 2.39. The molecule has 0 radical (unpaired) electrons. The topological polar surface area (TPSA) is 32.3 Å². The van der Waals surface area contributed by atoms with E-state index in [2.05, 4.69) is 12.2 Å². The average molecular weight is 330 g/mol. The predicted molar refractivity (Wildman–Crippen MR) is 93.1 cm³/mol. The minimum Gasteiger partial charge on any atom is -0.308 e. The summed E-state index contributed by atoms with van der Waals surface area (Å²) in [5, 5.41) is 2.63. The van der Waals surface area contributed by atoms with Gasteiger partial charge in [-0.2, -0.15) is 0 Å². The molecular weight excluding hydrogens is 311 g/mol. The third-order valence-electron chi connectivity index (χ3n) is 3.94. The molecule has 0 unspecified atom stereocenters. The zero-order chi connectivity index (χ0) is 16.2. The second-order valence-electron chi connectivity index (χ2n) is 5.42. The molecule has 0 spiro atoms. The number of nitrogens with zero attached hydrogens (tertiary/aromatic N) is 1. The first-order chi connectivity index (χ1) is 11.2. The third-order valence-corrected chi connectivity index (χ3v) is 5.18. The number of hydrogen-bond donors (Lipinski definition) is 1. The number of hydrogen-bond acceptors (Lipinski definition) is 2. The normalized spacial score (nSPS) is 17.3. The lowest BCUT2D eigenvalue weighted by atomic mass is 10.1. The molecule has 1 N–H and O–H groups in total. The van der Waals surface area contributed by atoms with Crippen molar-refractivity contribution in [2.45, 2.75) is 18.7 Å². The predicted octanol–water partition coefficient (Wildman–Crippen LogP) is 4.67. The summed E-state index contributed by atoms with van der Waals surface area (Å²) in [6.45, 7) is 2.70. The van der Waals surface area contributed by atoms with Gasteiger partial charge in [-0.25, -0.2) is 9.18 Å². The Morgan fingerprint density at radius 1 is 1.26 bits per heavy atom. The van der Waals surface area contributed by atoms with Crippen LogP contribution in [0.1, 0.15) is 23.4 Å². The zero-order valence-corrected chi connectivity index (χ0v) is 13.8. The molecule has 2 aromatic rings. The van der Waals surface area contributed by atoms with Crippen molar-refractivity contribution >= 4 is 23.5 Å². The van der Waals surface area contributed by atoms with Gasteiger partial charge in [-0.15, -0.1) is 11.8 Å². The molecule has 1 aliphatic heterocycles. The van der Waals surface area contributed by atoms with Crippen molar-refractivity contribution in [3.63, 3.8) is 0 Å². The minimum atomic E-state index is -0.272. The summed E-state index contributed by atoms with van der Waals surface area (Å²) < 4.78 is 14.0. The Labute approximate surface area is 139 Å². The molecule has 0 aliphatic carbocycles. The maximum atomic E-state index is 14.0. The average Bonchev–Trinajstić information content (AvgIpc) is 3.05. The van der Waals surface area contributed by atoms with E-state index in [1.807, 2.05) is 24.3 Å². The zero-order valence-electron chi connectivity index (χ0n) is 13.0. The van der Waals surface area contributed by atoms with E-state index in [1.54, 1.807) is 34.9 Å². The van der Waals surface area contributed by atoms with E-state index in [0.29, 0.717) is 12.1 Å². The molecule has 3 nitrogen and oxygen atoms in total. The van der Waals surface area contributed by atoms with Crippen LogP contribution in [0.25, 0.3) is 0 Å². The summed E-state index contributed by atoms with van der Waals surface area (Å²) in [6.07, 6.45) is 0.965. The number of carbonyl (C=O) groups is 1. The van der Waals surface area contributed by atoms with E-state index in [0.717, 1.165) is 17.9 Å². The van der Waals surface area contributed by atoms with E-state index in [-0.39, 0.29) is 17.2 Å². The Kier molecular flexibility index (Phi) is 4.86. The lowest BCUT2D eigenvalue weighted by molar-refractivity contribution is 0.213. The fraction of sp³-hybridized carbons (Fsp3) is 0.278. The molecule has 1 saturated heterocycles. The molecule has 23 heavy (non-hydrogen) atoms. The molecule has 0 aromatic heterocycles. The molecule has 1 atom stereocenters. The van der Waals surface area contributed by atoms with Gasteiger partial charge in [0.1, 0.15) is 11.2 Å². The van der Waals surface area contributed by atoms with Crippen LogP contribution in [-0.4, -0.2) is 23.2 Å². The van der Waals surface area contributed by atoms with Crippen LogP contribution in [0, 0.1) is 5.82 Å². The molecule has 0 bridgehead atoms. The Morgan fingerprint density at radius 3 is 2.70 bits per heavy atom. The third kappa shape index (κ3) is 3.50. The van der Waals surface area contributed by atoms with Gasteiger partial charge >= 0.3 is 6.03 Å². The molecule has 3 rings (SSSR count). The highest BCUT2D eigenvalue weighted by molar-refractivity contribution is 7.99. The first kappa shape index (κ1) is 15.9. The molecule has 1 fully saturated rings. The van der Waals surface area contributed by atoms with Gasteiger partial charge in [0, 0.05) is 23.5 Å². The molecule has 2 aromatic carbocycles. The van der Waals surface area contributed by atoms with Crippen molar-refractivity contribution in [3.05, 3.63) is 65.5 Å². The highest BCUT2D eigenvalue weighted by atomic mass is 32.2. The first-order valence-electron chi connectivity index (χ1n) is 7.71. The molecule has 1 aliphatic rings. The van der Waals surface area contributed by atoms with Gasteiger partial charge in [0.2, 0.25) is 0 Å². The van der Waals surface area contributed by atoms with E-state index in [9.17, 15) is 9.18 Å². The summed E-state index contributed by atoms with van der Waals surface area (Å²) in [6, 6.07) is 14.3. The van der Waals surface area contributed by atoms with Crippen LogP contribution in [0.4, 0.5) is 14.9 Å². The van der Waals surface area contributed by atoms with Gasteiger partial charge < -0.3 is 10.2 Å². The van der Waals surface area contributed by atoms with Crippen LogP contribution >= 0.6 is 11.8 Å². The molecule has 2 amide bonds. The van der Waals surface area contributed by atoms with Gasteiger partial charge in [0.15, 0.2) is 0 Å². The Morgan fingerprint density at radius 2 is 2.00 bits per heavy atom. The van der Waals surface area contributed by atoms with Crippen LogP contribution in [-0.2, 0) is 6.42 Å². The number of amides is 2. The maximum absolute atomic E-state index is 14.0. The number of aryl methyl sites for hydroxylation is 1. The first-order valence-corrected chi connectivity index (χ1v) is 8.76.